The normalized spacial score (nSPS) is 19.9. The van der Waals surface area contributed by atoms with E-state index in [0.717, 1.165) is 12.2 Å². The second-order valence-corrected chi connectivity index (χ2v) is 6.07. The minimum atomic E-state index is -0.185. The fourth-order valence-electron chi connectivity index (χ4n) is 2.85. The minimum Gasteiger partial charge on any atom is -0.376 e. The van der Waals surface area contributed by atoms with Crippen LogP contribution >= 0.6 is 11.6 Å². The van der Waals surface area contributed by atoms with Crippen molar-refractivity contribution < 1.29 is 9.53 Å². The smallest absolute Gasteiger partial charge is 0.253 e. The molecule has 1 aliphatic heterocycles. The molecule has 0 unspecified atom stereocenters. The van der Waals surface area contributed by atoms with Gasteiger partial charge in [0.25, 0.3) is 5.91 Å². The lowest BCUT2D eigenvalue weighted by Gasteiger charge is -2.24. The summed E-state index contributed by atoms with van der Waals surface area (Å²) in [4.78, 5) is 18.4. The third-order valence-electron chi connectivity index (χ3n) is 4.13. The van der Waals surface area contributed by atoms with Crippen LogP contribution < -0.4 is 0 Å². The van der Waals surface area contributed by atoms with Gasteiger partial charge in [0.05, 0.1) is 16.7 Å². The number of ether oxygens (including phenoxy) is 1. The van der Waals surface area contributed by atoms with E-state index in [-0.39, 0.29) is 23.5 Å². The highest BCUT2D eigenvalue weighted by Crippen LogP contribution is 2.29. The number of amides is 1. The van der Waals surface area contributed by atoms with Crippen molar-refractivity contribution in [3.8, 4) is 6.07 Å². The number of aromatic amines is 1. The first kappa shape index (κ1) is 16.4. The van der Waals surface area contributed by atoms with Crippen LogP contribution in [-0.2, 0) is 4.74 Å². The van der Waals surface area contributed by atoms with Gasteiger partial charge in [0.1, 0.15) is 18.2 Å². The molecule has 2 heterocycles. The maximum Gasteiger partial charge on any atom is 0.253 e. The number of carbonyl (C=O) groups is 1. The Morgan fingerprint density at radius 3 is 3.12 bits per heavy atom. The minimum absolute atomic E-state index is 0.0858. The van der Waals surface area contributed by atoms with Crippen LogP contribution in [0, 0.1) is 11.3 Å². The van der Waals surface area contributed by atoms with Gasteiger partial charge < -0.3 is 9.64 Å². The molecular formula is C16H16ClN5O2. The number of nitriles is 1. The zero-order valence-electron chi connectivity index (χ0n) is 13.1. The second-order valence-electron chi connectivity index (χ2n) is 5.67. The first-order valence-electron chi connectivity index (χ1n) is 7.52. The molecule has 0 spiro atoms. The molecule has 1 aromatic heterocycles. The van der Waals surface area contributed by atoms with Gasteiger partial charge in [0.15, 0.2) is 0 Å². The van der Waals surface area contributed by atoms with Crippen LogP contribution in [0.15, 0.2) is 24.5 Å². The van der Waals surface area contributed by atoms with Crippen LogP contribution in [0.1, 0.15) is 34.1 Å². The maximum absolute atomic E-state index is 12.6. The van der Waals surface area contributed by atoms with E-state index in [0.29, 0.717) is 23.7 Å². The molecule has 0 aliphatic carbocycles. The number of hydrogen-bond acceptors (Lipinski definition) is 5. The van der Waals surface area contributed by atoms with E-state index in [1.807, 2.05) is 6.07 Å². The molecule has 1 aromatic carbocycles. The topological polar surface area (TPSA) is 94.9 Å². The number of benzene rings is 1. The summed E-state index contributed by atoms with van der Waals surface area (Å²) in [6, 6.07) is 6.66. The Bertz CT molecular complexity index is 771. The molecule has 1 saturated heterocycles. The van der Waals surface area contributed by atoms with Gasteiger partial charge in [-0.3, -0.25) is 9.89 Å². The van der Waals surface area contributed by atoms with E-state index in [2.05, 4.69) is 15.2 Å². The van der Waals surface area contributed by atoms with E-state index in [1.165, 1.54) is 12.4 Å². The summed E-state index contributed by atoms with van der Waals surface area (Å²) >= 11 is 5.91. The average Bonchev–Trinajstić information content (AvgIpc) is 3.25. The van der Waals surface area contributed by atoms with Crippen molar-refractivity contribution in [2.75, 3.05) is 20.2 Å². The molecule has 1 N–H and O–H groups in total. The van der Waals surface area contributed by atoms with E-state index < -0.39 is 0 Å². The molecule has 0 saturated carbocycles. The van der Waals surface area contributed by atoms with Gasteiger partial charge in [0.2, 0.25) is 0 Å². The molecule has 1 amide bonds. The van der Waals surface area contributed by atoms with Crippen LogP contribution in [0.25, 0.3) is 0 Å². The molecule has 124 valence electrons. The molecule has 1 fully saturated rings. The molecule has 2 atom stereocenters. The van der Waals surface area contributed by atoms with Gasteiger partial charge in [-0.15, -0.1) is 0 Å². The zero-order chi connectivity index (χ0) is 17.1. The molecular weight excluding hydrogens is 330 g/mol. The lowest BCUT2D eigenvalue weighted by atomic mass is 10.00. The Labute approximate surface area is 144 Å². The number of halogens is 1. The van der Waals surface area contributed by atoms with Crippen molar-refractivity contribution in [3.05, 3.63) is 46.5 Å². The summed E-state index contributed by atoms with van der Waals surface area (Å²) in [7, 11) is 1.71. The summed E-state index contributed by atoms with van der Waals surface area (Å²) < 4.78 is 5.75. The van der Waals surface area contributed by atoms with Gasteiger partial charge in [-0.2, -0.15) is 10.4 Å². The average molecular weight is 346 g/mol. The molecule has 2 aromatic rings. The molecule has 0 bridgehead atoms. The number of carbonyl (C=O) groups excluding carboxylic acids is 1. The Balaban J connectivity index is 1.71. The van der Waals surface area contributed by atoms with Crippen LogP contribution in [0.2, 0.25) is 5.02 Å². The summed E-state index contributed by atoms with van der Waals surface area (Å²) in [5, 5.41) is 16.1. The van der Waals surface area contributed by atoms with Crippen molar-refractivity contribution >= 4 is 17.5 Å². The highest BCUT2D eigenvalue weighted by Gasteiger charge is 2.33. The number of rotatable bonds is 4. The third kappa shape index (κ3) is 3.25. The van der Waals surface area contributed by atoms with E-state index in [4.69, 9.17) is 21.6 Å². The van der Waals surface area contributed by atoms with Gasteiger partial charge in [-0.05, 0) is 24.6 Å². The van der Waals surface area contributed by atoms with Crippen molar-refractivity contribution in [2.45, 2.75) is 18.4 Å². The number of nitrogens with zero attached hydrogens (tertiary/aromatic N) is 4. The SMILES string of the molecule is CN(C[C@H]1OCC[C@H]1c1ncn[nH]1)C(=O)c1ccc(Cl)c(C#N)c1. The largest absolute Gasteiger partial charge is 0.376 e. The van der Waals surface area contributed by atoms with Crippen LogP contribution in [0.4, 0.5) is 0 Å². The molecule has 3 rings (SSSR count). The van der Waals surface area contributed by atoms with Crippen LogP contribution in [0.5, 0.6) is 0 Å². The van der Waals surface area contributed by atoms with Crippen LogP contribution in [0.3, 0.4) is 0 Å². The van der Waals surface area contributed by atoms with Crippen molar-refractivity contribution in [1.29, 1.82) is 5.26 Å². The lowest BCUT2D eigenvalue weighted by Crippen LogP contribution is -2.36. The number of aromatic nitrogens is 3. The first-order chi connectivity index (χ1) is 11.6. The number of hydrogen-bond donors (Lipinski definition) is 1. The highest BCUT2D eigenvalue weighted by atomic mass is 35.5. The van der Waals surface area contributed by atoms with E-state index in [1.54, 1.807) is 24.1 Å². The molecule has 1 aliphatic rings. The van der Waals surface area contributed by atoms with Crippen molar-refractivity contribution in [3.63, 3.8) is 0 Å². The quantitative estimate of drug-likeness (QED) is 0.914. The molecule has 24 heavy (non-hydrogen) atoms. The number of likely N-dealkylation sites (N-methyl/N-ethyl adjacent to an activating group) is 1. The highest BCUT2D eigenvalue weighted by molar-refractivity contribution is 6.31. The van der Waals surface area contributed by atoms with E-state index in [9.17, 15) is 4.79 Å². The number of H-pyrrole nitrogens is 1. The fourth-order valence-corrected chi connectivity index (χ4v) is 3.01. The standard InChI is InChI=1S/C16H16ClN5O2/c1-22(16(23)10-2-3-13(17)11(6-10)7-18)8-14-12(4-5-24-14)15-19-9-20-21-15/h2-3,6,9,12,14H,4-5,8H2,1H3,(H,19,20,21)/t12-,14-/m1/s1. The predicted molar refractivity (Wildman–Crippen MR) is 86.6 cm³/mol. The molecule has 0 radical (unpaired) electrons. The van der Waals surface area contributed by atoms with Crippen molar-refractivity contribution in [1.82, 2.24) is 20.1 Å². The monoisotopic (exact) mass is 345 g/mol. The summed E-state index contributed by atoms with van der Waals surface area (Å²) in [5.41, 5.74) is 0.709. The summed E-state index contributed by atoms with van der Waals surface area (Å²) in [6.07, 6.45) is 2.16. The Morgan fingerprint density at radius 1 is 1.58 bits per heavy atom. The second kappa shape index (κ2) is 6.99. The third-order valence-corrected chi connectivity index (χ3v) is 4.46. The predicted octanol–water partition coefficient (Wildman–Crippen LogP) is 1.97. The molecule has 8 heteroatoms. The lowest BCUT2D eigenvalue weighted by molar-refractivity contribution is 0.0550. The van der Waals surface area contributed by atoms with Crippen molar-refractivity contribution in [2.24, 2.45) is 0 Å². The van der Waals surface area contributed by atoms with E-state index >= 15 is 0 Å². The van der Waals surface area contributed by atoms with Gasteiger partial charge in [-0.25, -0.2) is 4.98 Å². The Morgan fingerprint density at radius 2 is 2.42 bits per heavy atom. The Hall–Kier alpha value is -2.43. The number of nitrogens with one attached hydrogen (secondary N) is 1. The Kier molecular flexibility index (Phi) is 4.79. The molecule has 7 nitrogen and oxygen atoms in total. The first-order valence-corrected chi connectivity index (χ1v) is 7.90. The zero-order valence-corrected chi connectivity index (χ0v) is 13.8. The van der Waals surface area contributed by atoms with Gasteiger partial charge in [0, 0.05) is 31.7 Å². The summed E-state index contributed by atoms with van der Waals surface area (Å²) in [6.45, 7) is 1.05. The maximum atomic E-state index is 12.6. The van der Waals surface area contributed by atoms with Gasteiger partial charge in [-0.1, -0.05) is 11.6 Å². The fraction of sp³-hybridized carbons (Fsp3) is 0.375. The van der Waals surface area contributed by atoms with Gasteiger partial charge >= 0.3 is 0 Å². The summed E-state index contributed by atoms with van der Waals surface area (Å²) in [5.74, 6) is 0.675. The van der Waals surface area contributed by atoms with Crippen LogP contribution in [-0.4, -0.2) is 52.3 Å².